The summed E-state index contributed by atoms with van der Waals surface area (Å²) < 4.78 is 0.830. The molecule has 0 spiro atoms. The van der Waals surface area contributed by atoms with E-state index < -0.39 is 0 Å². The number of hydrogen-bond acceptors (Lipinski definition) is 3. The minimum absolute atomic E-state index is 0.830. The molecule has 0 aliphatic carbocycles. The van der Waals surface area contributed by atoms with Gasteiger partial charge in [-0.1, -0.05) is 33.6 Å². The highest BCUT2D eigenvalue weighted by molar-refractivity contribution is 9.08. The molecule has 0 saturated carbocycles. The molecule has 2 rings (SSSR count). The van der Waals surface area contributed by atoms with Gasteiger partial charge in [-0.2, -0.15) is 0 Å². The normalized spacial score (nSPS) is 10.5. The van der Waals surface area contributed by atoms with Crippen LogP contribution in [0.2, 0.25) is 4.34 Å². The second kappa shape index (κ2) is 5.85. The zero-order valence-electron chi connectivity index (χ0n) is 9.36. The first-order valence-corrected chi connectivity index (χ1v) is 7.47. The molecular weight excluding hydrogens is 320 g/mol. The van der Waals surface area contributed by atoms with E-state index in [0.717, 1.165) is 22.0 Å². The van der Waals surface area contributed by atoms with Crippen molar-refractivity contribution in [2.24, 2.45) is 0 Å². The molecule has 0 saturated heterocycles. The molecule has 0 fully saturated rings. The molecule has 0 N–H and O–H groups in total. The van der Waals surface area contributed by atoms with Crippen molar-refractivity contribution in [3.8, 4) is 0 Å². The van der Waals surface area contributed by atoms with E-state index in [1.807, 2.05) is 25.4 Å². The van der Waals surface area contributed by atoms with Crippen LogP contribution in [0.4, 0.5) is 5.82 Å². The zero-order chi connectivity index (χ0) is 12.3. The standard InChI is InChI=1S/C12H12BrClN2S/c1-16(8-10-3-4-11(14)17-10)12-5-2-9(6-13)7-15-12/h2-5,7H,6,8H2,1H3. The van der Waals surface area contributed by atoms with E-state index in [1.54, 1.807) is 11.3 Å². The summed E-state index contributed by atoms with van der Waals surface area (Å²) in [6, 6.07) is 8.09. The van der Waals surface area contributed by atoms with Crippen molar-refractivity contribution in [1.29, 1.82) is 0 Å². The Balaban J connectivity index is 2.06. The molecule has 0 radical (unpaired) electrons. The van der Waals surface area contributed by atoms with E-state index in [0.29, 0.717) is 0 Å². The van der Waals surface area contributed by atoms with E-state index >= 15 is 0 Å². The van der Waals surface area contributed by atoms with Gasteiger partial charge in [0.1, 0.15) is 5.82 Å². The Morgan fingerprint density at radius 3 is 2.71 bits per heavy atom. The van der Waals surface area contributed by atoms with Gasteiger partial charge in [0.25, 0.3) is 0 Å². The SMILES string of the molecule is CN(Cc1ccc(Cl)s1)c1ccc(CBr)cn1. The highest BCUT2D eigenvalue weighted by Gasteiger charge is 2.05. The van der Waals surface area contributed by atoms with Gasteiger partial charge in [0.05, 0.1) is 10.9 Å². The summed E-state index contributed by atoms with van der Waals surface area (Å²) in [4.78, 5) is 7.77. The van der Waals surface area contributed by atoms with Crippen LogP contribution in [-0.4, -0.2) is 12.0 Å². The Labute approximate surface area is 118 Å². The summed E-state index contributed by atoms with van der Waals surface area (Å²) in [7, 11) is 2.03. The Kier molecular flexibility index (Phi) is 4.42. The van der Waals surface area contributed by atoms with Crippen LogP contribution >= 0.6 is 38.9 Å². The third kappa shape index (κ3) is 3.44. The predicted molar refractivity (Wildman–Crippen MR) is 78.3 cm³/mol. The van der Waals surface area contributed by atoms with Crippen LogP contribution in [0.1, 0.15) is 10.4 Å². The number of nitrogens with zero attached hydrogens (tertiary/aromatic N) is 2. The van der Waals surface area contributed by atoms with Crippen molar-refractivity contribution in [3.05, 3.63) is 45.2 Å². The van der Waals surface area contributed by atoms with Crippen molar-refractivity contribution in [2.75, 3.05) is 11.9 Å². The fraction of sp³-hybridized carbons (Fsp3) is 0.250. The van der Waals surface area contributed by atoms with Gasteiger partial charge in [0.15, 0.2) is 0 Å². The average Bonchev–Trinajstić information content (AvgIpc) is 2.75. The summed E-state index contributed by atoms with van der Waals surface area (Å²) in [6.45, 7) is 0.831. The zero-order valence-corrected chi connectivity index (χ0v) is 12.5. The second-order valence-electron chi connectivity index (χ2n) is 3.72. The molecule has 0 aliphatic rings. The predicted octanol–water partition coefficient (Wildman–Crippen LogP) is 4.33. The number of anilines is 1. The molecule has 0 amide bonds. The lowest BCUT2D eigenvalue weighted by Gasteiger charge is -2.17. The number of aromatic nitrogens is 1. The number of alkyl halides is 1. The van der Waals surface area contributed by atoms with Crippen LogP contribution in [0.3, 0.4) is 0 Å². The Morgan fingerprint density at radius 1 is 1.35 bits per heavy atom. The van der Waals surface area contributed by atoms with Gasteiger partial charge >= 0.3 is 0 Å². The molecule has 0 atom stereocenters. The summed E-state index contributed by atoms with van der Waals surface area (Å²) in [5.74, 6) is 0.972. The van der Waals surface area contributed by atoms with E-state index in [-0.39, 0.29) is 0 Å². The van der Waals surface area contributed by atoms with Crippen molar-refractivity contribution in [3.63, 3.8) is 0 Å². The Hall–Kier alpha value is -0.580. The van der Waals surface area contributed by atoms with E-state index in [1.165, 1.54) is 10.4 Å². The molecule has 2 heterocycles. The average molecular weight is 332 g/mol. The minimum atomic E-state index is 0.830. The van der Waals surface area contributed by atoms with Crippen molar-refractivity contribution >= 4 is 44.7 Å². The number of halogens is 2. The Bertz CT molecular complexity index is 484. The van der Waals surface area contributed by atoms with Crippen LogP contribution in [0.15, 0.2) is 30.5 Å². The quantitative estimate of drug-likeness (QED) is 0.775. The molecule has 17 heavy (non-hydrogen) atoms. The topological polar surface area (TPSA) is 16.1 Å². The molecule has 0 aromatic carbocycles. The third-order valence-corrected chi connectivity index (χ3v) is 4.24. The van der Waals surface area contributed by atoms with Gasteiger partial charge in [0.2, 0.25) is 0 Å². The first kappa shape index (κ1) is 12.9. The van der Waals surface area contributed by atoms with Crippen molar-refractivity contribution in [2.45, 2.75) is 11.9 Å². The van der Waals surface area contributed by atoms with Crippen LogP contribution < -0.4 is 4.90 Å². The molecule has 90 valence electrons. The van der Waals surface area contributed by atoms with Crippen LogP contribution in [0, 0.1) is 0 Å². The first-order chi connectivity index (χ1) is 8.19. The van der Waals surface area contributed by atoms with Crippen molar-refractivity contribution in [1.82, 2.24) is 4.98 Å². The highest BCUT2D eigenvalue weighted by atomic mass is 79.9. The number of thiophene rings is 1. The molecule has 0 bridgehead atoms. The van der Waals surface area contributed by atoms with Gasteiger partial charge in [-0.3, -0.25) is 0 Å². The second-order valence-corrected chi connectivity index (χ2v) is 6.08. The smallest absolute Gasteiger partial charge is 0.128 e. The van der Waals surface area contributed by atoms with Crippen molar-refractivity contribution < 1.29 is 0 Å². The fourth-order valence-corrected chi connectivity index (χ4v) is 2.95. The molecule has 0 aliphatic heterocycles. The lowest BCUT2D eigenvalue weighted by Crippen LogP contribution is -2.16. The summed E-state index contributed by atoms with van der Waals surface area (Å²) in [6.07, 6.45) is 1.89. The maximum absolute atomic E-state index is 5.91. The van der Waals surface area contributed by atoms with Gasteiger partial charge in [0, 0.05) is 23.5 Å². The minimum Gasteiger partial charge on any atom is -0.355 e. The fourth-order valence-electron chi connectivity index (χ4n) is 1.47. The number of hydrogen-bond donors (Lipinski definition) is 0. The molecule has 0 unspecified atom stereocenters. The maximum Gasteiger partial charge on any atom is 0.128 e. The summed E-state index contributed by atoms with van der Waals surface area (Å²) in [5, 5.41) is 0.838. The molecule has 2 aromatic rings. The first-order valence-electron chi connectivity index (χ1n) is 5.15. The van der Waals surface area contributed by atoms with Crippen LogP contribution in [0.5, 0.6) is 0 Å². The maximum atomic E-state index is 5.91. The van der Waals surface area contributed by atoms with Gasteiger partial charge < -0.3 is 4.90 Å². The molecule has 2 nitrogen and oxygen atoms in total. The summed E-state index contributed by atoms with van der Waals surface area (Å²) >= 11 is 10.9. The summed E-state index contributed by atoms with van der Waals surface area (Å²) in [5.41, 5.74) is 1.18. The van der Waals surface area contributed by atoms with E-state index in [9.17, 15) is 0 Å². The highest BCUT2D eigenvalue weighted by Crippen LogP contribution is 2.23. The van der Waals surface area contributed by atoms with E-state index in [4.69, 9.17) is 11.6 Å². The number of rotatable bonds is 4. The van der Waals surface area contributed by atoms with Gasteiger partial charge in [-0.05, 0) is 23.8 Å². The van der Waals surface area contributed by atoms with Gasteiger partial charge in [-0.15, -0.1) is 11.3 Å². The molecule has 5 heteroatoms. The monoisotopic (exact) mass is 330 g/mol. The molecular formula is C12H12BrClN2S. The van der Waals surface area contributed by atoms with Crippen LogP contribution in [0.25, 0.3) is 0 Å². The van der Waals surface area contributed by atoms with Gasteiger partial charge in [-0.25, -0.2) is 4.98 Å². The lowest BCUT2D eigenvalue weighted by atomic mass is 10.3. The molecule has 2 aromatic heterocycles. The number of pyridine rings is 1. The van der Waals surface area contributed by atoms with E-state index in [2.05, 4.69) is 37.9 Å². The van der Waals surface area contributed by atoms with Crippen LogP contribution in [-0.2, 0) is 11.9 Å². The largest absolute Gasteiger partial charge is 0.355 e. The third-order valence-electron chi connectivity index (χ3n) is 2.38. The lowest BCUT2D eigenvalue weighted by molar-refractivity contribution is 0.911. The Morgan fingerprint density at radius 2 is 2.18 bits per heavy atom.